The summed E-state index contributed by atoms with van der Waals surface area (Å²) in [5.41, 5.74) is -0.593. The van der Waals surface area contributed by atoms with E-state index in [1.165, 1.54) is 13.8 Å². The monoisotopic (exact) mass is 272 g/mol. The molecule has 1 aliphatic heterocycles. The van der Waals surface area contributed by atoms with Gasteiger partial charge >= 0.3 is 15.2 Å². The maximum atomic E-state index is 11.5. The number of rotatable bonds is 4. The van der Waals surface area contributed by atoms with Gasteiger partial charge in [0.25, 0.3) is 0 Å². The highest BCUT2D eigenvalue weighted by Gasteiger charge is 2.43. The van der Waals surface area contributed by atoms with Crippen molar-refractivity contribution in [3.05, 3.63) is 0 Å². The van der Waals surface area contributed by atoms with Crippen LogP contribution in [0.2, 0.25) is 0 Å². The van der Waals surface area contributed by atoms with Gasteiger partial charge in [0, 0.05) is 19.2 Å². The van der Waals surface area contributed by atoms with Gasteiger partial charge in [-0.25, -0.2) is 0 Å². The van der Waals surface area contributed by atoms with Gasteiger partial charge in [-0.05, 0) is 6.42 Å². The molecule has 1 atom stereocenters. The van der Waals surface area contributed by atoms with Crippen LogP contribution < -0.4 is 0 Å². The number of hydrogen-bond donors (Lipinski definition) is 1. The topological polar surface area (TPSA) is 82.1 Å². The maximum absolute atomic E-state index is 11.5. The van der Waals surface area contributed by atoms with E-state index in [2.05, 4.69) is 4.52 Å². The lowest BCUT2D eigenvalue weighted by Gasteiger charge is -2.38. The molecule has 0 amide bonds. The van der Waals surface area contributed by atoms with Crippen LogP contribution >= 0.6 is 15.2 Å². The predicted octanol–water partition coefficient (Wildman–Crippen LogP) is 2.08. The Balaban J connectivity index is 2.74. The third kappa shape index (κ3) is 3.66. The molecular formula is C8H18O6P2. The van der Waals surface area contributed by atoms with Crippen molar-refractivity contribution in [2.45, 2.75) is 13.3 Å². The Morgan fingerprint density at radius 2 is 2.00 bits per heavy atom. The van der Waals surface area contributed by atoms with E-state index < -0.39 is 20.6 Å². The molecular weight excluding hydrogens is 254 g/mol. The summed E-state index contributed by atoms with van der Waals surface area (Å²) in [6, 6.07) is 0. The van der Waals surface area contributed by atoms with Crippen LogP contribution in [0.15, 0.2) is 0 Å². The van der Waals surface area contributed by atoms with Crippen molar-refractivity contribution < 1.29 is 27.6 Å². The van der Waals surface area contributed by atoms with E-state index in [1.54, 1.807) is 0 Å². The van der Waals surface area contributed by atoms with Gasteiger partial charge in [0.2, 0.25) is 0 Å². The molecule has 8 heteroatoms. The van der Waals surface area contributed by atoms with Crippen LogP contribution in [0.5, 0.6) is 0 Å². The van der Waals surface area contributed by atoms with Crippen LogP contribution in [-0.4, -0.2) is 38.0 Å². The minimum atomic E-state index is -3.62. The fraction of sp³-hybridized carbons (Fsp3) is 1.00. The van der Waals surface area contributed by atoms with E-state index in [0.29, 0.717) is 6.42 Å². The molecule has 0 aliphatic carbocycles. The molecule has 0 saturated carbocycles. The van der Waals surface area contributed by atoms with Crippen molar-refractivity contribution in [3.63, 3.8) is 0 Å². The Kier molecular flexibility index (Phi) is 4.39. The molecule has 0 spiro atoms. The van der Waals surface area contributed by atoms with Crippen LogP contribution in [-0.2, 0) is 22.7 Å². The Hall–Kier alpha value is 0.300. The quantitative estimate of drug-likeness (QED) is 0.789. The SMILES string of the molecule is CCC1(CP(=O)(O)OC)COP(C)(=O)OC1. The summed E-state index contributed by atoms with van der Waals surface area (Å²) in [6.07, 6.45) is 0.550. The highest BCUT2D eigenvalue weighted by atomic mass is 31.2. The molecule has 0 bridgehead atoms. The summed E-state index contributed by atoms with van der Waals surface area (Å²) >= 11 is 0. The molecule has 0 aromatic heterocycles. The van der Waals surface area contributed by atoms with E-state index in [-0.39, 0.29) is 19.4 Å². The van der Waals surface area contributed by atoms with Crippen LogP contribution in [0, 0.1) is 5.41 Å². The molecule has 0 aromatic rings. The van der Waals surface area contributed by atoms with Crippen LogP contribution in [0.1, 0.15) is 13.3 Å². The van der Waals surface area contributed by atoms with Crippen molar-refractivity contribution in [3.8, 4) is 0 Å². The first-order valence-electron chi connectivity index (χ1n) is 4.98. The molecule has 96 valence electrons. The largest absolute Gasteiger partial charge is 0.328 e. The molecule has 6 nitrogen and oxygen atoms in total. The lowest BCUT2D eigenvalue weighted by Crippen LogP contribution is -2.38. The molecule has 1 heterocycles. The summed E-state index contributed by atoms with van der Waals surface area (Å²) in [4.78, 5) is 9.46. The second-order valence-electron chi connectivity index (χ2n) is 4.15. The predicted molar refractivity (Wildman–Crippen MR) is 59.9 cm³/mol. The van der Waals surface area contributed by atoms with Gasteiger partial charge in [-0.15, -0.1) is 0 Å². The van der Waals surface area contributed by atoms with Crippen LogP contribution in [0.3, 0.4) is 0 Å². The molecule has 1 fully saturated rings. The maximum Gasteiger partial charge on any atom is 0.328 e. The normalized spacial score (nSPS) is 39.2. The standard InChI is InChI=1S/C8H18O6P2/c1-4-8(7-16(10,11)12-2)5-13-15(3,9)14-6-8/h4-7H2,1-3H3,(H,10,11). The third-order valence-electron chi connectivity index (χ3n) is 2.78. The average molecular weight is 272 g/mol. The van der Waals surface area contributed by atoms with E-state index in [4.69, 9.17) is 9.05 Å². The summed E-state index contributed by atoms with van der Waals surface area (Å²) in [7, 11) is -5.39. The van der Waals surface area contributed by atoms with E-state index in [1.807, 2.05) is 6.92 Å². The summed E-state index contributed by atoms with van der Waals surface area (Å²) in [6.45, 7) is 3.58. The zero-order valence-electron chi connectivity index (χ0n) is 9.71. The fourth-order valence-electron chi connectivity index (χ4n) is 1.48. The Morgan fingerprint density at radius 1 is 1.50 bits per heavy atom. The van der Waals surface area contributed by atoms with E-state index in [9.17, 15) is 14.0 Å². The molecule has 16 heavy (non-hydrogen) atoms. The average Bonchev–Trinajstić information content (AvgIpc) is 2.22. The first-order valence-corrected chi connectivity index (χ1v) is 8.74. The van der Waals surface area contributed by atoms with Gasteiger partial charge in [0.05, 0.1) is 19.4 Å². The lowest BCUT2D eigenvalue weighted by atomic mass is 9.90. The van der Waals surface area contributed by atoms with Crippen LogP contribution in [0.25, 0.3) is 0 Å². The molecule has 1 unspecified atom stereocenters. The Morgan fingerprint density at radius 3 is 2.38 bits per heavy atom. The van der Waals surface area contributed by atoms with Gasteiger partial charge in [0.1, 0.15) is 0 Å². The highest BCUT2D eigenvalue weighted by Crippen LogP contribution is 2.55. The van der Waals surface area contributed by atoms with Gasteiger partial charge < -0.3 is 18.5 Å². The van der Waals surface area contributed by atoms with Crippen molar-refractivity contribution in [2.24, 2.45) is 5.41 Å². The molecule has 1 rings (SSSR count). The molecule has 1 N–H and O–H groups in total. The summed E-state index contributed by atoms with van der Waals surface area (Å²) in [5.74, 6) is 0. The number of hydrogen-bond acceptors (Lipinski definition) is 5. The minimum absolute atomic E-state index is 0.0486. The first kappa shape index (κ1) is 14.4. The van der Waals surface area contributed by atoms with E-state index in [0.717, 1.165) is 0 Å². The van der Waals surface area contributed by atoms with Gasteiger partial charge in [0.15, 0.2) is 0 Å². The summed E-state index contributed by atoms with van der Waals surface area (Å²) in [5, 5.41) is 0. The molecule has 1 saturated heterocycles. The van der Waals surface area contributed by atoms with Crippen molar-refractivity contribution in [2.75, 3.05) is 33.2 Å². The van der Waals surface area contributed by atoms with Gasteiger partial charge in [-0.3, -0.25) is 9.13 Å². The Labute approximate surface area is 95.3 Å². The van der Waals surface area contributed by atoms with Crippen molar-refractivity contribution in [1.82, 2.24) is 0 Å². The zero-order chi connectivity index (χ0) is 12.4. The summed E-state index contributed by atoms with van der Waals surface area (Å²) < 4.78 is 37.8. The third-order valence-corrected chi connectivity index (χ3v) is 5.62. The molecule has 0 aromatic carbocycles. The Bertz CT molecular complexity index is 329. The lowest BCUT2D eigenvalue weighted by molar-refractivity contribution is 0.0276. The second kappa shape index (κ2) is 4.89. The zero-order valence-corrected chi connectivity index (χ0v) is 11.5. The van der Waals surface area contributed by atoms with Gasteiger partial charge in [-0.2, -0.15) is 0 Å². The van der Waals surface area contributed by atoms with Crippen LogP contribution in [0.4, 0.5) is 0 Å². The first-order chi connectivity index (χ1) is 7.24. The minimum Gasteiger partial charge on any atom is -0.324 e. The molecule has 1 aliphatic rings. The van der Waals surface area contributed by atoms with Gasteiger partial charge in [-0.1, -0.05) is 6.92 Å². The van der Waals surface area contributed by atoms with Crippen molar-refractivity contribution >= 4 is 15.2 Å². The van der Waals surface area contributed by atoms with E-state index >= 15 is 0 Å². The second-order valence-corrected chi connectivity index (χ2v) is 8.17. The fourth-order valence-corrected chi connectivity index (χ4v) is 3.96. The smallest absolute Gasteiger partial charge is 0.324 e. The molecule has 0 radical (unpaired) electrons. The highest BCUT2D eigenvalue weighted by molar-refractivity contribution is 7.53. The van der Waals surface area contributed by atoms with Crippen molar-refractivity contribution in [1.29, 1.82) is 0 Å².